The molecule has 1 aliphatic rings. The molecule has 2 aromatic carbocycles. The zero-order valence-corrected chi connectivity index (χ0v) is 19.0. The quantitative estimate of drug-likeness (QED) is 0.458. The molecule has 0 fully saturated rings. The van der Waals surface area contributed by atoms with Crippen LogP contribution < -0.4 is 10.1 Å². The number of nitrogens with one attached hydrogen (secondary N) is 1. The molecule has 0 saturated carbocycles. The molecular weight excluding hydrogens is 472 g/mol. The zero-order chi connectivity index (χ0) is 22.2. The maximum atomic E-state index is 12.6. The van der Waals surface area contributed by atoms with Gasteiger partial charge in [0.1, 0.15) is 11.6 Å². The Bertz CT molecular complexity index is 1300. The van der Waals surface area contributed by atoms with Crippen molar-refractivity contribution >= 4 is 27.7 Å². The van der Waals surface area contributed by atoms with Crippen LogP contribution >= 0.6 is 15.9 Å². The average molecular weight is 491 g/mol. The molecule has 1 atom stereocenters. The van der Waals surface area contributed by atoms with E-state index < -0.39 is 0 Å². The molecule has 0 spiro atoms. The summed E-state index contributed by atoms with van der Waals surface area (Å²) in [5, 5.41) is 15.9. The summed E-state index contributed by atoms with van der Waals surface area (Å²) in [5.74, 6) is 1.46. The summed E-state index contributed by atoms with van der Waals surface area (Å²) in [6.45, 7) is 1.93. The number of nitrogens with zero attached hydrogens (tertiary/aromatic N) is 5. The minimum Gasteiger partial charge on any atom is -0.497 e. The number of aromatic nitrogens is 5. The summed E-state index contributed by atoms with van der Waals surface area (Å²) < 4.78 is 7.77. The molecule has 160 valence electrons. The Kier molecular flexibility index (Phi) is 5.18. The van der Waals surface area contributed by atoms with Crippen molar-refractivity contribution in [1.82, 2.24) is 25.0 Å². The van der Waals surface area contributed by atoms with Crippen molar-refractivity contribution < 1.29 is 9.53 Å². The van der Waals surface area contributed by atoms with Gasteiger partial charge < -0.3 is 10.1 Å². The van der Waals surface area contributed by atoms with Crippen LogP contribution in [0.2, 0.25) is 0 Å². The molecule has 0 bridgehead atoms. The van der Waals surface area contributed by atoms with Gasteiger partial charge >= 0.3 is 0 Å². The second kappa shape index (κ2) is 8.16. The monoisotopic (exact) mass is 490 g/mol. The fourth-order valence-corrected chi connectivity index (χ4v) is 4.22. The van der Waals surface area contributed by atoms with E-state index >= 15 is 0 Å². The van der Waals surface area contributed by atoms with Crippen LogP contribution in [0.15, 0.2) is 59.2 Å². The van der Waals surface area contributed by atoms with Crippen LogP contribution in [-0.4, -0.2) is 38.0 Å². The van der Waals surface area contributed by atoms with E-state index in [1.807, 2.05) is 55.5 Å². The van der Waals surface area contributed by atoms with Crippen molar-refractivity contribution in [3.05, 3.63) is 76.0 Å². The fourth-order valence-electron chi connectivity index (χ4n) is 3.96. The standard InChI is InChI=1S/C23H19BrN6O2/c1-13-21-18(14-3-7-16(24)8-4-14)11-20(31)27-22(21)30(29-13)23-26-19(12-25-28-23)15-5-9-17(32-2)10-6-15/h3-10,12,18H,11H2,1-2H3,(H,27,31)/t18-/m0/s1. The molecule has 0 aliphatic carbocycles. The van der Waals surface area contributed by atoms with E-state index in [1.54, 1.807) is 18.0 Å². The third kappa shape index (κ3) is 3.64. The number of benzene rings is 2. The highest BCUT2D eigenvalue weighted by atomic mass is 79.9. The number of halogens is 1. The Morgan fingerprint density at radius 1 is 1.12 bits per heavy atom. The SMILES string of the molecule is COc1ccc(-c2cnnc(-n3nc(C)c4c3NC(=O)C[C@H]4c3ccc(Br)cc3)n2)cc1. The number of methoxy groups -OCH3 is 1. The first-order valence-corrected chi connectivity index (χ1v) is 10.8. The van der Waals surface area contributed by atoms with E-state index in [0.29, 0.717) is 23.9 Å². The number of amides is 1. The van der Waals surface area contributed by atoms with Crippen LogP contribution in [-0.2, 0) is 4.79 Å². The van der Waals surface area contributed by atoms with Gasteiger partial charge in [-0.1, -0.05) is 28.1 Å². The van der Waals surface area contributed by atoms with Gasteiger partial charge in [0.25, 0.3) is 5.95 Å². The third-order valence-corrected chi connectivity index (χ3v) is 6.03. The lowest BCUT2D eigenvalue weighted by atomic mass is 9.86. The lowest BCUT2D eigenvalue weighted by Crippen LogP contribution is -2.25. The summed E-state index contributed by atoms with van der Waals surface area (Å²) in [4.78, 5) is 17.2. The molecule has 3 heterocycles. The predicted octanol–water partition coefficient (Wildman–Crippen LogP) is 4.28. The predicted molar refractivity (Wildman–Crippen MR) is 123 cm³/mol. The van der Waals surface area contributed by atoms with Gasteiger partial charge in [-0.15, -0.1) is 5.10 Å². The molecule has 0 radical (unpaired) electrons. The Hall–Kier alpha value is -3.59. The minimum absolute atomic E-state index is 0.0779. The van der Waals surface area contributed by atoms with Crippen LogP contribution in [0.3, 0.4) is 0 Å². The molecule has 9 heteroatoms. The second-order valence-electron chi connectivity index (χ2n) is 7.49. The maximum Gasteiger partial charge on any atom is 0.272 e. The van der Waals surface area contributed by atoms with Crippen molar-refractivity contribution in [2.75, 3.05) is 12.4 Å². The van der Waals surface area contributed by atoms with Crippen molar-refractivity contribution in [2.24, 2.45) is 0 Å². The van der Waals surface area contributed by atoms with E-state index in [0.717, 1.165) is 32.6 Å². The van der Waals surface area contributed by atoms with E-state index in [1.165, 1.54) is 0 Å². The van der Waals surface area contributed by atoms with Crippen molar-refractivity contribution in [1.29, 1.82) is 0 Å². The van der Waals surface area contributed by atoms with Crippen molar-refractivity contribution in [2.45, 2.75) is 19.3 Å². The first-order valence-electron chi connectivity index (χ1n) is 10.0. The topological polar surface area (TPSA) is 94.8 Å². The van der Waals surface area contributed by atoms with Crippen LogP contribution in [0.1, 0.15) is 29.2 Å². The van der Waals surface area contributed by atoms with Gasteiger partial charge in [0, 0.05) is 27.9 Å². The van der Waals surface area contributed by atoms with E-state index in [9.17, 15) is 4.79 Å². The van der Waals surface area contributed by atoms with Crippen LogP contribution in [0, 0.1) is 6.92 Å². The van der Waals surface area contributed by atoms with Gasteiger partial charge in [-0.2, -0.15) is 14.9 Å². The summed E-state index contributed by atoms with van der Waals surface area (Å²) in [6.07, 6.45) is 1.95. The lowest BCUT2D eigenvalue weighted by molar-refractivity contribution is -0.116. The van der Waals surface area contributed by atoms with Crippen LogP contribution in [0.5, 0.6) is 5.75 Å². The van der Waals surface area contributed by atoms with Gasteiger partial charge in [-0.25, -0.2) is 4.98 Å². The third-order valence-electron chi connectivity index (χ3n) is 5.50. The Labute approximate surface area is 192 Å². The van der Waals surface area contributed by atoms with E-state index in [4.69, 9.17) is 4.74 Å². The minimum atomic E-state index is -0.0988. The van der Waals surface area contributed by atoms with E-state index in [-0.39, 0.29) is 11.8 Å². The summed E-state index contributed by atoms with van der Waals surface area (Å²) >= 11 is 3.47. The fraction of sp³-hybridized carbons (Fsp3) is 0.174. The normalized spacial score (nSPS) is 15.2. The number of carbonyl (C=O) groups is 1. The largest absolute Gasteiger partial charge is 0.497 e. The second-order valence-corrected chi connectivity index (χ2v) is 8.40. The molecule has 5 rings (SSSR count). The molecule has 8 nitrogen and oxygen atoms in total. The molecular formula is C23H19BrN6O2. The molecule has 32 heavy (non-hydrogen) atoms. The molecule has 1 aliphatic heterocycles. The maximum absolute atomic E-state index is 12.6. The van der Waals surface area contributed by atoms with E-state index in [2.05, 4.69) is 41.5 Å². The molecule has 2 aromatic heterocycles. The summed E-state index contributed by atoms with van der Waals surface area (Å²) in [5.41, 5.74) is 4.34. The number of rotatable bonds is 4. The summed E-state index contributed by atoms with van der Waals surface area (Å²) in [7, 11) is 1.62. The smallest absolute Gasteiger partial charge is 0.272 e. The van der Waals surface area contributed by atoms with Gasteiger partial charge in [0.15, 0.2) is 0 Å². The van der Waals surface area contributed by atoms with Crippen LogP contribution in [0.25, 0.3) is 17.2 Å². The number of hydrogen-bond acceptors (Lipinski definition) is 6. The highest BCUT2D eigenvalue weighted by Gasteiger charge is 2.33. The Morgan fingerprint density at radius 3 is 2.59 bits per heavy atom. The number of ether oxygens (including phenoxy) is 1. The highest BCUT2D eigenvalue weighted by Crippen LogP contribution is 2.40. The molecule has 4 aromatic rings. The Morgan fingerprint density at radius 2 is 1.88 bits per heavy atom. The van der Waals surface area contributed by atoms with Crippen LogP contribution in [0.4, 0.5) is 5.82 Å². The number of aryl methyl sites for hydroxylation is 1. The number of anilines is 1. The number of hydrogen-bond donors (Lipinski definition) is 1. The van der Waals surface area contributed by atoms with Gasteiger partial charge in [-0.3, -0.25) is 4.79 Å². The molecule has 0 saturated heterocycles. The molecule has 0 unspecified atom stereocenters. The van der Waals surface area contributed by atoms with Crippen molar-refractivity contribution in [3.63, 3.8) is 0 Å². The first kappa shape index (κ1) is 20.3. The van der Waals surface area contributed by atoms with Crippen molar-refractivity contribution in [3.8, 4) is 23.0 Å². The first-order chi connectivity index (χ1) is 15.5. The lowest BCUT2D eigenvalue weighted by Gasteiger charge is -2.24. The number of carbonyl (C=O) groups excluding carboxylic acids is 1. The Balaban J connectivity index is 1.58. The average Bonchev–Trinajstić information content (AvgIpc) is 3.15. The zero-order valence-electron chi connectivity index (χ0n) is 17.4. The number of fused-ring (bicyclic) bond motifs is 1. The van der Waals surface area contributed by atoms with Gasteiger partial charge in [0.2, 0.25) is 5.91 Å². The highest BCUT2D eigenvalue weighted by molar-refractivity contribution is 9.10. The molecule has 1 N–H and O–H groups in total. The molecule has 1 amide bonds. The summed E-state index contributed by atoms with van der Waals surface area (Å²) in [6, 6.07) is 15.5. The van der Waals surface area contributed by atoms with Gasteiger partial charge in [0.05, 0.1) is 24.7 Å². The van der Waals surface area contributed by atoms with Gasteiger partial charge in [-0.05, 0) is 48.9 Å².